The van der Waals surface area contributed by atoms with Gasteiger partial charge in [-0.25, -0.2) is 0 Å². The van der Waals surface area contributed by atoms with Gasteiger partial charge in [0.05, 0.1) is 43.1 Å². The third-order valence-electron chi connectivity index (χ3n) is 3.44. The van der Waals surface area contributed by atoms with Crippen molar-refractivity contribution in [3.05, 3.63) is 22.2 Å². The van der Waals surface area contributed by atoms with Gasteiger partial charge in [0.25, 0.3) is 0 Å². The molecule has 1 aromatic rings. The lowest BCUT2D eigenvalue weighted by atomic mass is 10.1. The molecule has 2 unspecified atom stereocenters. The zero-order valence-corrected chi connectivity index (χ0v) is 12.7. The fourth-order valence-electron chi connectivity index (χ4n) is 2.63. The summed E-state index contributed by atoms with van der Waals surface area (Å²) in [6, 6.07) is 3.06. The van der Waals surface area contributed by atoms with Crippen LogP contribution in [-0.2, 0) is 4.74 Å². The van der Waals surface area contributed by atoms with Gasteiger partial charge in [0.15, 0.2) is 5.75 Å². The molecule has 1 heterocycles. The Morgan fingerprint density at radius 1 is 1.19 bits per heavy atom. The van der Waals surface area contributed by atoms with Crippen molar-refractivity contribution < 1.29 is 19.1 Å². The summed E-state index contributed by atoms with van der Waals surface area (Å²) in [5.41, 5.74) is 0.675. The molecule has 21 heavy (non-hydrogen) atoms. The van der Waals surface area contributed by atoms with Gasteiger partial charge >= 0.3 is 5.69 Å². The number of benzene rings is 1. The quantitative estimate of drug-likeness (QED) is 0.626. The lowest BCUT2D eigenvalue weighted by molar-refractivity contribution is -0.385. The van der Waals surface area contributed by atoms with E-state index in [0.29, 0.717) is 18.8 Å². The molecule has 2 rings (SSSR count). The van der Waals surface area contributed by atoms with Gasteiger partial charge in [-0.05, 0) is 13.8 Å². The predicted molar refractivity (Wildman–Crippen MR) is 78.4 cm³/mol. The average Bonchev–Trinajstić information content (AvgIpc) is 2.44. The number of ether oxygens (including phenoxy) is 3. The van der Waals surface area contributed by atoms with Crippen LogP contribution >= 0.6 is 0 Å². The number of hydrogen-bond acceptors (Lipinski definition) is 6. The number of anilines is 1. The summed E-state index contributed by atoms with van der Waals surface area (Å²) in [5, 5.41) is 11.1. The summed E-state index contributed by atoms with van der Waals surface area (Å²) in [6.45, 7) is 5.39. The standard InChI is InChI=1S/C14H20N2O5/c1-9-7-15(8-10(2)21-9)11-5-14(20-4)12(16(17)18)6-13(11)19-3/h5-6,9-10H,7-8H2,1-4H3. The predicted octanol–water partition coefficient (Wildman–Crippen LogP) is 2.23. The van der Waals surface area contributed by atoms with Crippen molar-refractivity contribution in [2.45, 2.75) is 26.1 Å². The molecule has 0 saturated carbocycles. The van der Waals surface area contributed by atoms with Crippen LogP contribution in [0.5, 0.6) is 11.5 Å². The Labute approximate surface area is 123 Å². The van der Waals surface area contributed by atoms with Crippen LogP contribution in [0.15, 0.2) is 12.1 Å². The first-order valence-corrected chi connectivity index (χ1v) is 6.77. The van der Waals surface area contributed by atoms with Crippen molar-refractivity contribution >= 4 is 11.4 Å². The summed E-state index contributed by atoms with van der Waals surface area (Å²) in [7, 11) is 2.92. The number of nitro groups is 1. The highest BCUT2D eigenvalue weighted by molar-refractivity contribution is 5.68. The number of rotatable bonds is 4. The highest BCUT2D eigenvalue weighted by Gasteiger charge is 2.27. The van der Waals surface area contributed by atoms with E-state index in [1.807, 2.05) is 13.8 Å². The Morgan fingerprint density at radius 3 is 2.24 bits per heavy atom. The maximum absolute atomic E-state index is 11.1. The molecule has 1 fully saturated rings. The Morgan fingerprint density at radius 2 is 1.76 bits per heavy atom. The number of nitro benzene ring substituents is 1. The molecule has 1 aromatic carbocycles. The van der Waals surface area contributed by atoms with Gasteiger partial charge in [-0.15, -0.1) is 0 Å². The van der Waals surface area contributed by atoms with Gasteiger partial charge < -0.3 is 19.1 Å². The van der Waals surface area contributed by atoms with E-state index in [4.69, 9.17) is 14.2 Å². The van der Waals surface area contributed by atoms with Crippen LogP contribution < -0.4 is 14.4 Å². The summed E-state index contributed by atoms with van der Waals surface area (Å²) in [5.74, 6) is 0.686. The summed E-state index contributed by atoms with van der Waals surface area (Å²) in [6.07, 6.45) is 0.166. The van der Waals surface area contributed by atoms with E-state index < -0.39 is 4.92 Å². The van der Waals surface area contributed by atoms with Crippen LogP contribution in [0.2, 0.25) is 0 Å². The number of morpholine rings is 1. The maximum atomic E-state index is 11.1. The number of methoxy groups -OCH3 is 2. The highest BCUT2D eigenvalue weighted by Crippen LogP contribution is 2.40. The molecule has 2 atom stereocenters. The van der Waals surface area contributed by atoms with Gasteiger partial charge in [0.2, 0.25) is 0 Å². The van der Waals surface area contributed by atoms with E-state index in [0.717, 1.165) is 5.69 Å². The number of nitrogens with zero attached hydrogens (tertiary/aromatic N) is 2. The summed E-state index contributed by atoms with van der Waals surface area (Å²) in [4.78, 5) is 12.7. The molecule has 1 aliphatic rings. The molecule has 1 saturated heterocycles. The van der Waals surface area contributed by atoms with Gasteiger partial charge in [0, 0.05) is 19.2 Å². The molecule has 1 aliphatic heterocycles. The minimum absolute atomic E-state index is 0.0830. The fraction of sp³-hybridized carbons (Fsp3) is 0.571. The topological polar surface area (TPSA) is 74.1 Å². The minimum Gasteiger partial charge on any atom is -0.494 e. The first kappa shape index (κ1) is 15.4. The van der Waals surface area contributed by atoms with Crippen molar-refractivity contribution in [3.63, 3.8) is 0 Å². The Hall–Kier alpha value is -2.02. The van der Waals surface area contributed by atoms with Crippen LogP contribution in [0.3, 0.4) is 0 Å². The average molecular weight is 296 g/mol. The van der Waals surface area contributed by atoms with E-state index in [2.05, 4.69) is 4.90 Å². The molecule has 0 N–H and O–H groups in total. The van der Waals surface area contributed by atoms with Crippen LogP contribution in [0, 0.1) is 10.1 Å². The second-order valence-corrected chi connectivity index (χ2v) is 5.12. The third kappa shape index (κ3) is 3.18. The van der Waals surface area contributed by atoms with Crippen molar-refractivity contribution in [2.24, 2.45) is 0 Å². The molecule has 116 valence electrons. The third-order valence-corrected chi connectivity index (χ3v) is 3.44. The first-order chi connectivity index (χ1) is 9.96. The molecule has 0 amide bonds. The molecule has 7 heteroatoms. The molecule has 0 bridgehead atoms. The van der Waals surface area contributed by atoms with Gasteiger partial charge in [-0.3, -0.25) is 10.1 Å². The smallest absolute Gasteiger partial charge is 0.314 e. The second kappa shape index (κ2) is 6.17. The Bertz CT molecular complexity index is 524. The van der Waals surface area contributed by atoms with Crippen molar-refractivity contribution in [1.82, 2.24) is 0 Å². The molecular formula is C14H20N2O5. The van der Waals surface area contributed by atoms with Gasteiger partial charge in [-0.1, -0.05) is 0 Å². The monoisotopic (exact) mass is 296 g/mol. The summed E-state index contributed by atoms with van der Waals surface area (Å²) >= 11 is 0. The lowest BCUT2D eigenvalue weighted by Crippen LogP contribution is -2.45. The second-order valence-electron chi connectivity index (χ2n) is 5.12. The van der Waals surface area contributed by atoms with E-state index in [-0.39, 0.29) is 23.6 Å². The van der Waals surface area contributed by atoms with Crippen molar-refractivity contribution in [3.8, 4) is 11.5 Å². The van der Waals surface area contributed by atoms with Crippen LogP contribution in [0.1, 0.15) is 13.8 Å². The number of hydrogen-bond donors (Lipinski definition) is 0. The van der Waals surface area contributed by atoms with Gasteiger partial charge in [-0.2, -0.15) is 0 Å². The summed E-state index contributed by atoms with van der Waals surface area (Å²) < 4.78 is 16.2. The molecule has 0 aliphatic carbocycles. The van der Waals surface area contributed by atoms with E-state index >= 15 is 0 Å². The molecular weight excluding hydrogens is 276 g/mol. The zero-order valence-electron chi connectivity index (χ0n) is 12.7. The maximum Gasteiger partial charge on any atom is 0.314 e. The highest BCUT2D eigenvalue weighted by atomic mass is 16.6. The SMILES string of the molecule is COc1cc([N+](=O)[O-])c(OC)cc1N1CC(C)OC(C)C1. The molecule has 0 radical (unpaired) electrons. The van der Waals surface area contributed by atoms with Crippen molar-refractivity contribution in [2.75, 3.05) is 32.2 Å². The first-order valence-electron chi connectivity index (χ1n) is 6.77. The molecule has 0 spiro atoms. The zero-order chi connectivity index (χ0) is 15.6. The van der Waals surface area contributed by atoms with E-state index in [9.17, 15) is 10.1 Å². The van der Waals surface area contributed by atoms with Crippen LogP contribution in [-0.4, -0.2) is 44.4 Å². The normalized spacial score (nSPS) is 22.0. The molecule has 0 aromatic heterocycles. The Balaban J connectivity index is 2.44. The minimum atomic E-state index is -0.476. The largest absolute Gasteiger partial charge is 0.494 e. The lowest BCUT2D eigenvalue weighted by Gasteiger charge is -2.37. The van der Waals surface area contributed by atoms with E-state index in [1.54, 1.807) is 6.07 Å². The van der Waals surface area contributed by atoms with Crippen LogP contribution in [0.25, 0.3) is 0 Å². The Kier molecular flexibility index (Phi) is 4.52. The van der Waals surface area contributed by atoms with Gasteiger partial charge in [0.1, 0.15) is 5.75 Å². The molecule has 7 nitrogen and oxygen atoms in total. The van der Waals surface area contributed by atoms with Crippen LogP contribution in [0.4, 0.5) is 11.4 Å². The van der Waals surface area contributed by atoms with E-state index in [1.165, 1.54) is 20.3 Å². The van der Waals surface area contributed by atoms with Crippen molar-refractivity contribution in [1.29, 1.82) is 0 Å². The fourth-order valence-corrected chi connectivity index (χ4v) is 2.63.